The van der Waals surface area contributed by atoms with E-state index < -0.39 is 7.29 Å². The van der Waals surface area contributed by atoms with Crippen LogP contribution in [0.3, 0.4) is 0 Å². The quantitative estimate of drug-likeness (QED) is 0.433. The molecule has 0 radical (unpaired) electrons. The molecule has 0 spiro atoms. The van der Waals surface area contributed by atoms with Gasteiger partial charge >= 0.3 is 0 Å². The molecule has 0 heterocycles. The van der Waals surface area contributed by atoms with Crippen molar-refractivity contribution in [1.29, 1.82) is 0 Å². The Morgan fingerprint density at radius 2 is 1.04 bits per heavy atom. The molecule has 0 aliphatic heterocycles. The van der Waals surface area contributed by atoms with Gasteiger partial charge in [-0.25, -0.2) is 4.76 Å². The number of hydrogen-bond donors (Lipinski definition) is 0. The monoisotopic (exact) mass is 375 g/mol. The molecular weight excluding hydrogens is 349 g/mol. The van der Waals surface area contributed by atoms with Gasteiger partial charge in [-0.3, -0.25) is 4.57 Å². The Balaban J connectivity index is 2.31. The summed E-state index contributed by atoms with van der Waals surface area (Å²) >= 11 is 0. The van der Waals surface area contributed by atoms with Crippen LogP contribution in [-0.2, 0) is 4.57 Å². The lowest BCUT2D eigenvalue weighted by Gasteiger charge is -2.22. The molecule has 27 heavy (non-hydrogen) atoms. The van der Waals surface area contributed by atoms with Crippen LogP contribution in [0, 0.1) is 34.6 Å². The zero-order valence-electron chi connectivity index (χ0n) is 16.7. The molecule has 3 rings (SSSR count). The SMILES string of the molecule is Cc1ccccc1/C=N/P(=O)(c1c(C)cccc1C)c1c(C)cccc1C. The molecule has 0 aliphatic carbocycles. The van der Waals surface area contributed by atoms with E-state index in [-0.39, 0.29) is 0 Å². The Bertz CT molecular complexity index is 970. The minimum absolute atomic E-state index is 0.854. The Morgan fingerprint density at radius 3 is 1.48 bits per heavy atom. The predicted octanol–water partition coefficient (Wildman–Crippen LogP) is 5.58. The van der Waals surface area contributed by atoms with Crippen molar-refractivity contribution in [3.8, 4) is 0 Å². The summed E-state index contributed by atoms with van der Waals surface area (Å²) in [5, 5.41) is 1.71. The van der Waals surface area contributed by atoms with Crippen LogP contribution < -0.4 is 10.6 Å². The minimum atomic E-state index is -3.19. The lowest BCUT2D eigenvalue weighted by Crippen LogP contribution is -2.23. The lowest BCUT2D eigenvalue weighted by molar-refractivity contribution is 0.588. The van der Waals surface area contributed by atoms with Crippen LogP contribution >= 0.6 is 7.29 Å². The predicted molar refractivity (Wildman–Crippen MR) is 117 cm³/mol. The van der Waals surface area contributed by atoms with Crippen molar-refractivity contribution in [2.24, 2.45) is 4.76 Å². The number of benzene rings is 3. The van der Waals surface area contributed by atoms with Crippen molar-refractivity contribution in [3.05, 3.63) is 94.0 Å². The zero-order chi connectivity index (χ0) is 19.6. The second kappa shape index (κ2) is 7.66. The smallest absolute Gasteiger partial charge is 0.248 e. The van der Waals surface area contributed by atoms with E-state index in [2.05, 4.69) is 0 Å². The topological polar surface area (TPSA) is 29.4 Å². The van der Waals surface area contributed by atoms with Crippen LogP contribution in [0.15, 0.2) is 65.4 Å². The third-order valence-corrected chi connectivity index (χ3v) is 8.10. The molecule has 2 nitrogen and oxygen atoms in total. The van der Waals surface area contributed by atoms with Gasteiger partial charge in [-0.15, -0.1) is 0 Å². The van der Waals surface area contributed by atoms with E-state index in [0.717, 1.165) is 44.0 Å². The standard InChI is InChI=1S/C24H26NOP/c1-17-10-6-7-15-22(17)16-25-27(26,23-18(2)11-8-12-19(23)3)24-20(4)13-9-14-21(24)5/h6-16H,1-5H3/b25-16+. The molecule has 0 saturated carbocycles. The highest BCUT2D eigenvalue weighted by molar-refractivity contribution is 7.78. The van der Waals surface area contributed by atoms with Gasteiger partial charge in [0.2, 0.25) is 7.29 Å². The van der Waals surface area contributed by atoms with Gasteiger partial charge < -0.3 is 0 Å². The van der Waals surface area contributed by atoms with Gasteiger partial charge in [0.05, 0.1) is 0 Å². The second-order valence-electron chi connectivity index (χ2n) is 7.16. The van der Waals surface area contributed by atoms with E-state index in [4.69, 9.17) is 4.76 Å². The summed E-state index contributed by atoms with van der Waals surface area (Å²) in [4.78, 5) is 0. The Hall–Kier alpha value is -2.44. The number of nitrogens with zero attached hydrogens (tertiary/aromatic N) is 1. The first-order valence-corrected chi connectivity index (χ1v) is 10.9. The maximum absolute atomic E-state index is 14.6. The highest BCUT2D eigenvalue weighted by atomic mass is 31.2. The third kappa shape index (κ3) is 3.68. The fourth-order valence-electron chi connectivity index (χ4n) is 3.67. The number of aryl methyl sites for hydroxylation is 5. The summed E-state index contributed by atoms with van der Waals surface area (Å²) in [5.41, 5.74) is 6.18. The average molecular weight is 375 g/mol. The van der Waals surface area contributed by atoms with Gasteiger partial charge in [-0.05, 0) is 68.0 Å². The summed E-state index contributed by atoms with van der Waals surface area (Å²) in [5.74, 6) is 0. The Kier molecular flexibility index (Phi) is 5.48. The molecule has 0 fully saturated rings. The molecule has 0 aromatic heterocycles. The molecule has 0 N–H and O–H groups in total. The highest BCUT2D eigenvalue weighted by Crippen LogP contribution is 2.48. The molecule has 138 valence electrons. The number of rotatable bonds is 4. The lowest BCUT2D eigenvalue weighted by atomic mass is 10.1. The van der Waals surface area contributed by atoms with Crippen molar-refractivity contribution in [1.82, 2.24) is 0 Å². The van der Waals surface area contributed by atoms with Gasteiger partial charge in [0.25, 0.3) is 0 Å². The van der Waals surface area contributed by atoms with Crippen molar-refractivity contribution in [3.63, 3.8) is 0 Å². The van der Waals surface area contributed by atoms with E-state index in [9.17, 15) is 4.57 Å². The summed E-state index contributed by atoms with van der Waals surface area (Å²) < 4.78 is 19.4. The van der Waals surface area contributed by atoms with Crippen molar-refractivity contribution >= 4 is 24.1 Å². The van der Waals surface area contributed by atoms with Crippen molar-refractivity contribution in [2.75, 3.05) is 0 Å². The zero-order valence-corrected chi connectivity index (χ0v) is 17.5. The van der Waals surface area contributed by atoms with Crippen LogP contribution in [0.1, 0.15) is 33.4 Å². The molecule has 0 atom stereocenters. The van der Waals surface area contributed by atoms with Crippen LogP contribution in [0.4, 0.5) is 0 Å². The van der Waals surface area contributed by atoms with Crippen molar-refractivity contribution < 1.29 is 4.57 Å². The normalized spacial score (nSPS) is 11.9. The van der Waals surface area contributed by atoms with Gasteiger partial charge in [0.1, 0.15) is 0 Å². The van der Waals surface area contributed by atoms with Gasteiger partial charge in [-0.1, -0.05) is 60.7 Å². The molecule has 3 aromatic rings. The first-order chi connectivity index (χ1) is 12.8. The minimum Gasteiger partial charge on any atom is -0.288 e. The second-order valence-corrected chi connectivity index (χ2v) is 9.44. The summed E-state index contributed by atoms with van der Waals surface area (Å²) in [6.07, 6.45) is 1.79. The largest absolute Gasteiger partial charge is 0.288 e. The molecule has 0 aliphatic rings. The molecule has 0 saturated heterocycles. The molecule has 0 unspecified atom stereocenters. The number of hydrogen-bond acceptors (Lipinski definition) is 1. The van der Waals surface area contributed by atoms with E-state index in [1.165, 1.54) is 0 Å². The van der Waals surface area contributed by atoms with E-state index in [1.807, 2.05) is 95.3 Å². The molecular formula is C24H26NOP. The van der Waals surface area contributed by atoms with Gasteiger partial charge in [0, 0.05) is 16.8 Å². The van der Waals surface area contributed by atoms with E-state index in [0.29, 0.717) is 0 Å². The first kappa shape index (κ1) is 19.3. The maximum Gasteiger partial charge on any atom is 0.248 e. The third-order valence-electron chi connectivity index (χ3n) is 5.03. The Labute approximate surface area is 162 Å². The maximum atomic E-state index is 14.6. The molecule has 3 heteroatoms. The summed E-state index contributed by atoms with van der Waals surface area (Å²) in [6.45, 7) is 10.1. The van der Waals surface area contributed by atoms with Gasteiger partial charge in [-0.2, -0.15) is 0 Å². The van der Waals surface area contributed by atoms with Crippen LogP contribution in [0.25, 0.3) is 0 Å². The van der Waals surface area contributed by atoms with Crippen LogP contribution in [-0.4, -0.2) is 6.21 Å². The fraction of sp³-hybridized carbons (Fsp3) is 0.208. The molecule has 0 bridgehead atoms. The van der Waals surface area contributed by atoms with E-state index >= 15 is 0 Å². The van der Waals surface area contributed by atoms with Crippen molar-refractivity contribution in [2.45, 2.75) is 34.6 Å². The first-order valence-electron chi connectivity index (χ1n) is 9.19. The van der Waals surface area contributed by atoms with Crippen LogP contribution in [0.2, 0.25) is 0 Å². The summed E-state index contributed by atoms with van der Waals surface area (Å²) in [6, 6.07) is 20.1. The Morgan fingerprint density at radius 1 is 0.630 bits per heavy atom. The fourth-order valence-corrected chi connectivity index (χ4v) is 6.62. The van der Waals surface area contributed by atoms with Gasteiger partial charge in [0.15, 0.2) is 0 Å². The van der Waals surface area contributed by atoms with E-state index in [1.54, 1.807) is 6.21 Å². The molecule has 3 aromatic carbocycles. The molecule has 0 amide bonds. The summed E-state index contributed by atoms with van der Waals surface area (Å²) in [7, 11) is -3.19. The average Bonchev–Trinajstić information content (AvgIpc) is 2.61. The van der Waals surface area contributed by atoms with Crippen LogP contribution in [0.5, 0.6) is 0 Å². The highest BCUT2D eigenvalue weighted by Gasteiger charge is 2.32.